The molecule has 1 saturated heterocycles. The van der Waals surface area contributed by atoms with E-state index in [-0.39, 0.29) is 11.9 Å². The number of hydrogen-bond donors (Lipinski definition) is 1. The minimum absolute atomic E-state index is 0.0660. The molecular weight excluding hydrogens is 357 g/mol. The van der Waals surface area contributed by atoms with Gasteiger partial charge < -0.3 is 15.1 Å². The summed E-state index contributed by atoms with van der Waals surface area (Å²) in [6.45, 7) is 4.66. The van der Waals surface area contributed by atoms with E-state index < -0.39 is 10.9 Å². The quantitative estimate of drug-likeness (QED) is 0.691. The lowest BCUT2D eigenvalue weighted by Crippen LogP contribution is -2.51. The number of piperazine rings is 1. The molecule has 5 nitrogen and oxygen atoms in total. The molecule has 1 N–H and O–H groups in total. The second-order valence-corrected chi connectivity index (χ2v) is 7.11. The molecule has 1 atom stereocenters. The van der Waals surface area contributed by atoms with Gasteiger partial charge in [-0.05, 0) is 36.8 Å². The van der Waals surface area contributed by atoms with E-state index in [0.29, 0.717) is 37.6 Å². The first-order valence-corrected chi connectivity index (χ1v) is 9.45. The second kappa shape index (κ2) is 7.46. The second-order valence-electron chi connectivity index (χ2n) is 7.11. The Morgan fingerprint density at radius 1 is 0.857 bits per heavy atom. The molecule has 144 valence electrons. The van der Waals surface area contributed by atoms with Crippen LogP contribution in [0.25, 0.3) is 0 Å². The Bertz CT molecular complexity index is 1020. The van der Waals surface area contributed by atoms with Gasteiger partial charge in [-0.2, -0.15) is 0 Å². The highest BCUT2D eigenvalue weighted by molar-refractivity contribution is 5.76. The highest BCUT2D eigenvalue weighted by Crippen LogP contribution is 2.27. The monoisotopic (exact) mass is 379 g/mol. The molecule has 28 heavy (non-hydrogen) atoms. The molecule has 6 heteroatoms. The summed E-state index contributed by atoms with van der Waals surface area (Å²) in [4.78, 5) is 28.5. The molecule has 3 aromatic carbocycles. The molecule has 0 radical (unpaired) electrons. The van der Waals surface area contributed by atoms with Crippen LogP contribution in [0.4, 0.5) is 21.5 Å². The lowest BCUT2D eigenvalue weighted by molar-refractivity contribution is 0.624. The average Bonchev–Trinajstić information content (AvgIpc) is 2.74. The summed E-state index contributed by atoms with van der Waals surface area (Å²) < 4.78 is 13.1. The third-order valence-corrected chi connectivity index (χ3v) is 5.33. The normalized spacial score (nSPS) is 15.6. The summed E-state index contributed by atoms with van der Waals surface area (Å²) in [6.07, 6.45) is 0. The number of hydrogen-bond acceptors (Lipinski definition) is 5. The van der Waals surface area contributed by atoms with Crippen LogP contribution >= 0.6 is 0 Å². The molecule has 0 amide bonds. The molecule has 1 heterocycles. The van der Waals surface area contributed by atoms with Gasteiger partial charge in [0.25, 0.3) is 10.9 Å². The van der Waals surface area contributed by atoms with Crippen LogP contribution in [0.15, 0.2) is 64.2 Å². The number of anilines is 3. The van der Waals surface area contributed by atoms with Crippen molar-refractivity contribution in [2.45, 2.75) is 13.0 Å². The fourth-order valence-electron chi connectivity index (χ4n) is 3.70. The zero-order chi connectivity index (χ0) is 19.7. The van der Waals surface area contributed by atoms with E-state index in [1.807, 2.05) is 42.2 Å². The van der Waals surface area contributed by atoms with Gasteiger partial charge in [0.15, 0.2) is 0 Å². The van der Waals surface area contributed by atoms with Crippen LogP contribution in [0.3, 0.4) is 0 Å². The van der Waals surface area contributed by atoms with Crippen LogP contribution < -0.4 is 26.0 Å². The molecular formula is C22H22FN3O2. The van der Waals surface area contributed by atoms with Crippen LogP contribution in [0.1, 0.15) is 18.5 Å². The number of nitrogens with zero attached hydrogens (tertiary/aromatic N) is 2. The minimum atomic E-state index is -0.446. The van der Waals surface area contributed by atoms with Crippen molar-refractivity contribution in [1.29, 1.82) is 0 Å². The predicted octanol–water partition coefficient (Wildman–Crippen LogP) is 2.92. The summed E-state index contributed by atoms with van der Waals surface area (Å²) in [6, 6.07) is 16.2. The smallest absolute Gasteiger partial charge is 0.253 e. The molecule has 0 bridgehead atoms. The highest BCUT2D eigenvalue weighted by Gasteiger charge is 2.29. The third kappa shape index (κ3) is 3.38. The molecule has 0 saturated carbocycles. The van der Waals surface area contributed by atoms with Crippen molar-refractivity contribution < 1.29 is 4.39 Å². The van der Waals surface area contributed by atoms with Crippen molar-refractivity contribution in [2.24, 2.45) is 0 Å². The van der Waals surface area contributed by atoms with Gasteiger partial charge in [-0.15, -0.1) is 0 Å². The Labute approximate surface area is 162 Å². The first-order valence-electron chi connectivity index (χ1n) is 9.45. The van der Waals surface area contributed by atoms with Crippen LogP contribution in [0, 0.1) is 5.82 Å². The van der Waals surface area contributed by atoms with Crippen LogP contribution in [0.2, 0.25) is 0 Å². The van der Waals surface area contributed by atoms with Crippen LogP contribution in [-0.2, 0) is 0 Å². The maximum atomic E-state index is 13.1. The lowest BCUT2D eigenvalue weighted by Gasteiger charge is -2.38. The minimum Gasteiger partial charge on any atom is -0.373 e. The maximum absolute atomic E-state index is 13.1. The van der Waals surface area contributed by atoms with E-state index in [1.165, 1.54) is 12.1 Å². The summed E-state index contributed by atoms with van der Waals surface area (Å²) in [5.41, 5.74) is 2.06. The maximum Gasteiger partial charge on any atom is 0.253 e. The standard InChI is InChI=1S/C22H22FN3O2/c1-15(16-5-3-2-4-6-16)24-19-20(22(28)21(19)27)26-13-11-25(12-14-26)18-9-7-17(23)8-10-18/h2-10,15,24H,11-14H2,1H3. The van der Waals surface area contributed by atoms with Crippen LogP contribution in [0.5, 0.6) is 0 Å². The average molecular weight is 379 g/mol. The molecule has 1 unspecified atom stereocenters. The Morgan fingerprint density at radius 2 is 1.46 bits per heavy atom. The highest BCUT2D eigenvalue weighted by atomic mass is 19.1. The van der Waals surface area contributed by atoms with Gasteiger partial charge in [-0.1, -0.05) is 30.3 Å². The van der Waals surface area contributed by atoms with Gasteiger partial charge in [0, 0.05) is 37.9 Å². The Hall–Kier alpha value is -3.15. The van der Waals surface area contributed by atoms with Gasteiger partial charge in [-0.3, -0.25) is 9.59 Å². The number of nitrogens with one attached hydrogen (secondary N) is 1. The van der Waals surface area contributed by atoms with Crippen molar-refractivity contribution in [2.75, 3.05) is 41.3 Å². The molecule has 3 aromatic rings. The van der Waals surface area contributed by atoms with Crippen LogP contribution in [-0.4, -0.2) is 26.2 Å². The van der Waals surface area contributed by atoms with Crippen molar-refractivity contribution in [3.05, 3.63) is 86.4 Å². The molecule has 0 spiro atoms. The summed E-state index contributed by atoms with van der Waals surface area (Å²) in [7, 11) is 0. The summed E-state index contributed by atoms with van der Waals surface area (Å²) >= 11 is 0. The van der Waals surface area contributed by atoms with E-state index in [0.717, 1.165) is 11.3 Å². The summed E-state index contributed by atoms with van der Waals surface area (Å²) in [5, 5.41) is 3.22. The summed E-state index contributed by atoms with van der Waals surface area (Å²) in [5.74, 6) is -0.255. The zero-order valence-corrected chi connectivity index (χ0v) is 15.7. The van der Waals surface area contributed by atoms with Crippen molar-refractivity contribution in [3.8, 4) is 0 Å². The largest absolute Gasteiger partial charge is 0.373 e. The van der Waals surface area contributed by atoms with Gasteiger partial charge >= 0.3 is 0 Å². The van der Waals surface area contributed by atoms with E-state index >= 15 is 0 Å². The molecule has 1 fully saturated rings. The van der Waals surface area contributed by atoms with Crippen molar-refractivity contribution in [3.63, 3.8) is 0 Å². The fourth-order valence-corrected chi connectivity index (χ4v) is 3.70. The number of benzene rings is 2. The number of rotatable bonds is 5. The van der Waals surface area contributed by atoms with Gasteiger partial charge in [0.05, 0.1) is 0 Å². The first-order chi connectivity index (χ1) is 13.5. The Balaban J connectivity index is 1.46. The van der Waals surface area contributed by atoms with Gasteiger partial charge in [0.2, 0.25) is 0 Å². The zero-order valence-electron chi connectivity index (χ0n) is 15.7. The third-order valence-electron chi connectivity index (χ3n) is 5.33. The topological polar surface area (TPSA) is 52.6 Å². The van der Waals surface area contributed by atoms with Gasteiger partial charge in [-0.25, -0.2) is 4.39 Å². The van der Waals surface area contributed by atoms with Crippen molar-refractivity contribution in [1.82, 2.24) is 0 Å². The number of halogens is 1. The van der Waals surface area contributed by atoms with E-state index in [1.54, 1.807) is 12.1 Å². The molecule has 0 aliphatic carbocycles. The Morgan fingerprint density at radius 3 is 2.11 bits per heavy atom. The lowest BCUT2D eigenvalue weighted by atomic mass is 10.1. The molecule has 4 rings (SSSR count). The first kappa shape index (κ1) is 18.2. The predicted molar refractivity (Wildman–Crippen MR) is 111 cm³/mol. The molecule has 1 aliphatic heterocycles. The van der Waals surface area contributed by atoms with Crippen molar-refractivity contribution >= 4 is 17.1 Å². The SMILES string of the molecule is CC(Nc1c(N2CCN(c3ccc(F)cc3)CC2)c(=O)c1=O)c1ccccc1. The van der Waals surface area contributed by atoms with E-state index in [2.05, 4.69) is 10.2 Å². The van der Waals surface area contributed by atoms with E-state index in [9.17, 15) is 14.0 Å². The molecule has 0 aromatic heterocycles. The van der Waals surface area contributed by atoms with Gasteiger partial charge in [0.1, 0.15) is 17.2 Å². The molecule has 1 aliphatic rings. The van der Waals surface area contributed by atoms with E-state index in [4.69, 9.17) is 0 Å². The Kier molecular flexibility index (Phi) is 4.86. The fraction of sp³-hybridized carbons (Fsp3) is 0.273.